The molecule has 0 spiro atoms. The van der Waals surface area contributed by atoms with Gasteiger partial charge >= 0.3 is 0 Å². The van der Waals surface area contributed by atoms with Gasteiger partial charge in [0.1, 0.15) is 18.2 Å². The molecule has 0 bridgehead atoms. The predicted octanol–water partition coefficient (Wildman–Crippen LogP) is 3.09. The number of hydrogen-bond donors (Lipinski definition) is 1. The Balaban J connectivity index is 2.45. The first-order valence-electron chi connectivity index (χ1n) is 6.12. The summed E-state index contributed by atoms with van der Waals surface area (Å²) in [7, 11) is 0. The molecule has 0 aliphatic rings. The Bertz CT molecular complexity index is 655. The molecule has 4 nitrogen and oxygen atoms in total. The van der Waals surface area contributed by atoms with Crippen LogP contribution in [0.4, 0.5) is 4.39 Å². The number of benzene rings is 1. The molecule has 0 aliphatic heterocycles. The fraction of sp³-hybridized carbons (Fsp3) is 0.385. The van der Waals surface area contributed by atoms with Crippen molar-refractivity contribution in [2.75, 3.05) is 0 Å². The van der Waals surface area contributed by atoms with Crippen molar-refractivity contribution in [1.82, 2.24) is 14.9 Å². The van der Waals surface area contributed by atoms with Crippen molar-refractivity contribution < 1.29 is 9.18 Å². The Kier molecular flexibility index (Phi) is 4.50. The number of halogens is 3. The maximum atomic E-state index is 13.4. The lowest BCUT2D eigenvalue weighted by molar-refractivity contribution is -0.122. The molecular formula is C13H14Cl2FN3O. The molecule has 2 rings (SSSR count). The summed E-state index contributed by atoms with van der Waals surface area (Å²) in [5.41, 5.74) is 1.02. The molecule has 1 aromatic heterocycles. The number of rotatable bonds is 4. The van der Waals surface area contributed by atoms with Crippen molar-refractivity contribution >= 4 is 40.1 Å². The topological polar surface area (TPSA) is 46.9 Å². The third-order valence-electron chi connectivity index (χ3n) is 2.74. The van der Waals surface area contributed by atoms with Crippen LogP contribution >= 0.6 is 23.2 Å². The molecule has 0 saturated heterocycles. The fourth-order valence-corrected chi connectivity index (χ4v) is 2.32. The van der Waals surface area contributed by atoms with Crippen LogP contribution in [-0.2, 0) is 17.2 Å². The van der Waals surface area contributed by atoms with Gasteiger partial charge in [0.05, 0.1) is 21.9 Å². The summed E-state index contributed by atoms with van der Waals surface area (Å²) < 4.78 is 15.1. The van der Waals surface area contributed by atoms with Gasteiger partial charge in [0, 0.05) is 12.1 Å². The summed E-state index contributed by atoms with van der Waals surface area (Å²) in [6, 6.07) is 2.74. The van der Waals surface area contributed by atoms with E-state index in [9.17, 15) is 9.18 Å². The van der Waals surface area contributed by atoms with Gasteiger partial charge < -0.3 is 9.88 Å². The number of carbonyl (C=O) groups is 1. The molecule has 1 amide bonds. The summed E-state index contributed by atoms with van der Waals surface area (Å²) in [4.78, 5) is 16.1. The number of aromatic nitrogens is 2. The van der Waals surface area contributed by atoms with Crippen LogP contribution in [-0.4, -0.2) is 21.5 Å². The lowest BCUT2D eigenvalue weighted by atomic mass is 10.3. The van der Waals surface area contributed by atoms with Crippen LogP contribution < -0.4 is 5.32 Å². The second kappa shape index (κ2) is 5.97. The Hall–Kier alpha value is -1.33. The molecule has 2 aromatic rings. The van der Waals surface area contributed by atoms with E-state index < -0.39 is 5.82 Å². The van der Waals surface area contributed by atoms with E-state index in [4.69, 9.17) is 23.2 Å². The number of amides is 1. The Morgan fingerprint density at radius 1 is 1.50 bits per heavy atom. The highest BCUT2D eigenvalue weighted by Gasteiger charge is 2.15. The van der Waals surface area contributed by atoms with Gasteiger partial charge in [-0.1, -0.05) is 11.6 Å². The van der Waals surface area contributed by atoms with Crippen LogP contribution in [0, 0.1) is 5.82 Å². The number of carbonyl (C=O) groups excluding carboxylic acids is 1. The largest absolute Gasteiger partial charge is 0.352 e. The number of nitrogens with zero attached hydrogens (tertiary/aromatic N) is 2. The molecule has 108 valence electrons. The summed E-state index contributed by atoms with van der Waals surface area (Å²) in [5, 5.41) is 2.78. The van der Waals surface area contributed by atoms with Gasteiger partial charge in [-0.3, -0.25) is 4.79 Å². The first kappa shape index (κ1) is 15.1. The van der Waals surface area contributed by atoms with Crippen molar-refractivity contribution in [1.29, 1.82) is 0 Å². The van der Waals surface area contributed by atoms with Crippen LogP contribution in [0.1, 0.15) is 19.7 Å². The number of imidazole rings is 1. The third-order valence-corrected chi connectivity index (χ3v) is 3.27. The maximum absolute atomic E-state index is 13.4. The maximum Gasteiger partial charge on any atom is 0.240 e. The van der Waals surface area contributed by atoms with E-state index in [0.29, 0.717) is 16.9 Å². The smallest absolute Gasteiger partial charge is 0.240 e. The lowest BCUT2D eigenvalue weighted by Crippen LogP contribution is -2.33. The van der Waals surface area contributed by atoms with Gasteiger partial charge in [0.25, 0.3) is 0 Å². The molecule has 1 heterocycles. The van der Waals surface area contributed by atoms with E-state index in [2.05, 4.69) is 10.3 Å². The molecule has 7 heteroatoms. The molecule has 0 atom stereocenters. The van der Waals surface area contributed by atoms with Gasteiger partial charge in [0.2, 0.25) is 5.91 Å². The molecule has 0 unspecified atom stereocenters. The first-order chi connectivity index (χ1) is 9.42. The Morgan fingerprint density at radius 3 is 2.80 bits per heavy atom. The number of nitrogens with one attached hydrogen (secondary N) is 1. The molecule has 1 N–H and O–H groups in total. The minimum Gasteiger partial charge on any atom is -0.352 e. The molecule has 1 aromatic carbocycles. The second-order valence-electron chi connectivity index (χ2n) is 4.73. The van der Waals surface area contributed by atoms with Crippen molar-refractivity contribution in [3.63, 3.8) is 0 Å². The zero-order chi connectivity index (χ0) is 14.9. The zero-order valence-electron chi connectivity index (χ0n) is 11.1. The van der Waals surface area contributed by atoms with Crippen LogP contribution in [0.15, 0.2) is 12.1 Å². The van der Waals surface area contributed by atoms with Crippen molar-refractivity contribution in [2.24, 2.45) is 0 Å². The first-order valence-corrected chi connectivity index (χ1v) is 7.03. The Labute approximate surface area is 125 Å². The van der Waals surface area contributed by atoms with E-state index in [-0.39, 0.29) is 29.4 Å². The molecule has 0 radical (unpaired) electrons. The molecule has 0 aliphatic carbocycles. The third kappa shape index (κ3) is 3.04. The highest BCUT2D eigenvalue weighted by atomic mass is 35.5. The highest BCUT2D eigenvalue weighted by molar-refractivity contribution is 6.31. The summed E-state index contributed by atoms with van der Waals surface area (Å²) >= 11 is 11.6. The zero-order valence-corrected chi connectivity index (χ0v) is 12.6. The summed E-state index contributed by atoms with van der Waals surface area (Å²) in [6.45, 7) is 3.82. The molecule has 0 saturated carbocycles. The minimum atomic E-state index is -0.545. The van der Waals surface area contributed by atoms with Gasteiger partial charge in [0.15, 0.2) is 0 Å². The van der Waals surface area contributed by atoms with Gasteiger partial charge in [-0.25, -0.2) is 9.37 Å². The quantitative estimate of drug-likeness (QED) is 0.881. The van der Waals surface area contributed by atoms with E-state index in [1.165, 1.54) is 12.1 Å². The van der Waals surface area contributed by atoms with Crippen LogP contribution in [0.2, 0.25) is 5.02 Å². The highest BCUT2D eigenvalue weighted by Crippen LogP contribution is 2.24. The number of alkyl halides is 1. The van der Waals surface area contributed by atoms with Gasteiger partial charge in [-0.2, -0.15) is 0 Å². The van der Waals surface area contributed by atoms with Crippen molar-refractivity contribution in [2.45, 2.75) is 32.3 Å². The van der Waals surface area contributed by atoms with Crippen molar-refractivity contribution in [3.05, 3.63) is 28.8 Å². The van der Waals surface area contributed by atoms with Crippen LogP contribution in [0.5, 0.6) is 0 Å². The SMILES string of the molecule is CC(C)NC(=O)Cn1c(CCl)nc2cc(F)c(Cl)cc21. The van der Waals surface area contributed by atoms with E-state index >= 15 is 0 Å². The standard InChI is InChI=1S/C13H14Cl2FN3O/c1-7(2)17-13(20)6-19-11-3-8(15)9(16)4-10(11)18-12(19)5-14/h3-4,7H,5-6H2,1-2H3,(H,17,20). The number of hydrogen-bond acceptors (Lipinski definition) is 2. The fourth-order valence-electron chi connectivity index (χ4n) is 1.96. The normalized spacial score (nSPS) is 11.3. The van der Waals surface area contributed by atoms with Crippen LogP contribution in [0.25, 0.3) is 11.0 Å². The van der Waals surface area contributed by atoms with Gasteiger partial charge in [-0.05, 0) is 19.9 Å². The average Bonchev–Trinajstić information content (AvgIpc) is 2.67. The monoisotopic (exact) mass is 317 g/mol. The Morgan fingerprint density at radius 2 is 2.20 bits per heavy atom. The van der Waals surface area contributed by atoms with Crippen LogP contribution in [0.3, 0.4) is 0 Å². The van der Waals surface area contributed by atoms with Gasteiger partial charge in [-0.15, -0.1) is 11.6 Å². The molecular weight excluding hydrogens is 304 g/mol. The second-order valence-corrected chi connectivity index (χ2v) is 5.40. The van der Waals surface area contributed by atoms with Crippen molar-refractivity contribution in [3.8, 4) is 0 Å². The lowest BCUT2D eigenvalue weighted by Gasteiger charge is -2.11. The minimum absolute atomic E-state index is 0.0101. The predicted molar refractivity (Wildman–Crippen MR) is 77.5 cm³/mol. The van der Waals surface area contributed by atoms with E-state index in [0.717, 1.165) is 0 Å². The van der Waals surface area contributed by atoms with E-state index in [1.54, 1.807) is 4.57 Å². The summed E-state index contributed by atoms with van der Waals surface area (Å²) in [5.74, 6) is -0.0759. The number of fused-ring (bicyclic) bond motifs is 1. The summed E-state index contributed by atoms with van der Waals surface area (Å²) in [6.07, 6.45) is 0. The molecule has 20 heavy (non-hydrogen) atoms. The van der Waals surface area contributed by atoms with E-state index in [1.807, 2.05) is 13.8 Å². The molecule has 0 fully saturated rings. The average molecular weight is 318 g/mol.